The molecule has 3 rings (SSSR count). The molecule has 1 heterocycles. The van der Waals surface area contributed by atoms with E-state index < -0.39 is 0 Å². The molecule has 0 unspecified atom stereocenters. The Balaban J connectivity index is 1.51. The first-order valence-electron chi connectivity index (χ1n) is 10.3. The zero-order valence-corrected chi connectivity index (χ0v) is 18.5. The van der Waals surface area contributed by atoms with Crippen LogP contribution in [0.15, 0.2) is 65.5 Å². The molecule has 2 aromatic carbocycles. The Morgan fingerprint density at radius 1 is 1.00 bits per heavy atom. The second kappa shape index (κ2) is 11.2. The summed E-state index contributed by atoms with van der Waals surface area (Å²) in [5.41, 5.74) is 1.76. The van der Waals surface area contributed by atoms with Gasteiger partial charge in [0.05, 0.1) is 18.8 Å². The highest BCUT2D eigenvalue weighted by molar-refractivity contribution is 6.30. The Morgan fingerprint density at radius 2 is 1.72 bits per heavy atom. The Bertz CT molecular complexity index is 1130. The molecule has 0 saturated heterocycles. The van der Waals surface area contributed by atoms with Crippen LogP contribution in [0, 0.1) is 0 Å². The average Bonchev–Trinajstić information content (AvgIpc) is 2.80. The number of Topliss-reactive ketones (excluding diaryl/α,β-unsaturated/α-hetero) is 1. The molecule has 1 N–H and O–H groups in total. The maximum Gasteiger partial charge on any atom is 0.266 e. The lowest BCUT2D eigenvalue weighted by molar-refractivity contribution is -0.121. The van der Waals surface area contributed by atoms with Crippen LogP contribution in [0.5, 0.6) is 5.75 Å². The Labute approximate surface area is 191 Å². The number of carbonyl (C=O) groups is 2. The smallest absolute Gasteiger partial charge is 0.266 e. The summed E-state index contributed by atoms with van der Waals surface area (Å²) in [4.78, 5) is 36.3. The monoisotopic (exact) mass is 453 g/mol. The molecule has 0 radical (unpaired) electrons. The zero-order valence-electron chi connectivity index (χ0n) is 17.7. The molecule has 0 spiro atoms. The molecule has 32 heavy (non-hydrogen) atoms. The van der Waals surface area contributed by atoms with Gasteiger partial charge in [-0.25, -0.2) is 4.68 Å². The summed E-state index contributed by atoms with van der Waals surface area (Å²) in [5, 5.41) is 7.66. The molecule has 1 aromatic heterocycles. The van der Waals surface area contributed by atoms with Crippen LogP contribution >= 0.6 is 11.6 Å². The standard InChI is InChI=1S/C24H24ClN3O4/c1-2-32-20-9-5-17(6-10-20)21-11-14-24(31)28(27-21)16-15-26-23(30)13-12-22(29)18-3-7-19(25)8-4-18/h3-11,14H,2,12-13,15-16H2,1H3,(H,26,30). The zero-order chi connectivity index (χ0) is 22.9. The quantitative estimate of drug-likeness (QED) is 0.472. The molecule has 8 heteroatoms. The van der Waals surface area contributed by atoms with Gasteiger partial charge in [-0.05, 0) is 61.5 Å². The Morgan fingerprint density at radius 3 is 2.41 bits per heavy atom. The summed E-state index contributed by atoms with van der Waals surface area (Å²) in [6, 6.07) is 17.1. The van der Waals surface area contributed by atoms with E-state index in [4.69, 9.17) is 16.3 Å². The molecule has 7 nitrogen and oxygen atoms in total. The van der Waals surface area contributed by atoms with Gasteiger partial charge in [0.1, 0.15) is 5.75 Å². The molecule has 0 aliphatic rings. The topological polar surface area (TPSA) is 90.3 Å². The lowest BCUT2D eigenvalue weighted by Gasteiger charge is -2.09. The van der Waals surface area contributed by atoms with Crippen LogP contribution in [0.3, 0.4) is 0 Å². The Hall–Kier alpha value is -3.45. The highest BCUT2D eigenvalue weighted by Gasteiger charge is 2.10. The van der Waals surface area contributed by atoms with Gasteiger partial charge in [-0.2, -0.15) is 5.10 Å². The van der Waals surface area contributed by atoms with Gasteiger partial charge in [0.15, 0.2) is 5.78 Å². The molecule has 0 atom stereocenters. The van der Waals surface area contributed by atoms with Crippen LogP contribution in [-0.4, -0.2) is 34.6 Å². The molecule has 1 amide bonds. The SMILES string of the molecule is CCOc1ccc(-c2ccc(=O)n(CCNC(=O)CCC(=O)c3ccc(Cl)cc3)n2)cc1. The van der Waals surface area contributed by atoms with Crippen molar-refractivity contribution in [1.82, 2.24) is 15.1 Å². The minimum absolute atomic E-state index is 0.0655. The molecule has 166 valence electrons. The minimum atomic E-state index is -0.261. The van der Waals surface area contributed by atoms with E-state index in [1.165, 1.54) is 10.7 Å². The van der Waals surface area contributed by atoms with Gasteiger partial charge in [0.25, 0.3) is 5.56 Å². The third-order valence-electron chi connectivity index (χ3n) is 4.72. The third-order valence-corrected chi connectivity index (χ3v) is 4.97. The number of nitrogens with one attached hydrogen (secondary N) is 1. The van der Waals surface area contributed by atoms with Crippen molar-refractivity contribution in [2.45, 2.75) is 26.3 Å². The van der Waals surface area contributed by atoms with Crippen molar-refractivity contribution in [2.24, 2.45) is 0 Å². The predicted octanol–water partition coefficient (Wildman–Crippen LogP) is 3.74. The fraction of sp³-hybridized carbons (Fsp3) is 0.250. The van der Waals surface area contributed by atoms with Crippen LogP contribution in [0.2, 0.25) is 5.02 Å². The number of hydrogen-bond donors (Lipinski definition) is 1. The lowest BCUT2D eigenvalue weighted by atomic mass is 10.1. The second-order valence-corrected chi connectivity index (χ2v) is 7.45. The van der Waals surface area contributed by atoms with Gasteiger partial charge in [-0.3, -0.25) is 14.4 Å². The van der Waals surface area contributed by atoms with E-state index in [0.29, 0.717) is 22.9 Å². The van der Waals surface area contributed by atoms with Crippen molar-refractivity contribution in [3.63, 3.8) is 0 Å². The first-order chi connectivity index (χ1) is 15.5. The molecule has 0 fully saturated rings. The van der Waals surface area contributed by atoms with Crippen molar-refractivity contribution in [3.05, 3.63) is 81.6 Å². The summed E-state index contributed by atoms with van der Waals surface area (Å²) in [6.45, 7) is 2.96. The van der Waals surface area contributed by atoms with Crippen LogP contribution in [0.25, 0.3) is 11.3 Å². The molecular weight excluding hydrogens is 430 g/mol. The number of rotatable bonds is 10. The molecule has 3 aromatic rings. The normalized spacial score (nSPS) is 10.6. The number of halogens is 1. The first-order valence-corrected chi connectivity index (χ1v) is 10.7. The number of carbonyl (C=O) groups excluding carboxylic acids is 2. The van der Waals surface area contributed by atoms with Gasteiger partial charge < -0.3 is 10.1 Å². The van der Waals surface area contributed by atoms with E-state index >= 15 is 0 Å². The van der Waals surface area contributed by atoms with Gasteiger partial charge in [-0.1, -0.05) is 11.6 Å². The summed E-state index contributed by atoms with van der Waals surface area (Å²) in [7, 11) is 0. The van der Waals surface area contributed by atoms with Crippen molar-refractivity contribution >= 4 is 23.3 Å². The van der Waals surface area contributed by atoms with E-state index in [-0.39, 0.29) is 43.2 Å². The average molecular weight is 454 g/mol. The van der Waals surface area contributed by atoms with E-state index in [0.717, 1.165) is 11.3 Å². The van der Waals surface area contributed by atoms with Crippen LogP contribution in [-0.2, 0) is 11.3 Å². The second-order valence-electron chi connectivity index (χ2n) is 7.02. The van der Waals surface area contributed by atoms with Crippen molar-refractivity contribution in [2.75, 3.05) is 13.2 Å². The number of hydrogen-bond acceptors (Lipinski definition) is 5. The van der Waals surface area contributed by atoms with Crippen molar-refractivity contribution in [1.29, 1.82) is 0 Å². The molecule has 0 aliphatic carbocycles. The molecule has 0 aliphatic heterocycles. The third kappa shape index (κ3) is 6.52. The molecule has 0 saturated carbocycles. The number of ketones is 1. The van der Waals surface area contributed by atoms with E-state index in [1.54, 1.807) is 30.3 Å². The highest BCUT2D eigenvalue weighted by atomic mass is 35.5. The fourth-order valence-electron chi connectivity index (χ4n) is 3.05. The highest BCUT2D eigenvalue weighted by Crippen LogP contribution is 2.19. The van der Waals surface area contributed by atoms with E-state index in [9.17, 15) is 14.4 Å². The molecule has 0 bridgehead atoms. The van der Waals surface area contributed by atoms with Gasteiger partial charge in [0.2, 0.25) is 5.91 Å². The lowest BCUT2D eigenvalue weighted by Crippen LogP contribution is -2.32. The molecular formula is C24H24ClN3O4. The number of nitrogens with zero attached hydrogens (tertiary/aromatic N) is 2. The first kappa shape index (κ1) is 23.2. The largest absolute Gasteiger partial charge is 0.494 e. The van der Waals surface area contributed by atoms with Crippen LogP contribution in [0.4, 0.5) is 0 Å². The maximum absolute atomic E-state index is 12.1. The van der Waals surface area contributed by atoms with Gasteiger partial charge in [0, 0.05) is 41.6 Å². The van der Waals surface area contributed by atoms with Gasteiger partial charge in [-0.15, -0.1) is 0 Å². The number of benzene rings is 2. The number of aromatic nitrogens is 2. The van der Waals surface area contributed by atoms with Crippen molar-refractivity contribution < 1.29 is 14.3 Å². The fourth-order valence-corrected chi connectivity index (χ4v) is 3.17. The summed E-state index contributed by atoms with van der Waals surface area (Å²) >= 11 is 5.82. The van der Waals surface area contributed by atoms with Crippen LogP contribution < -0.4 is 15.6 Å². The number of ether oxygens (including phenoxy) is 1. The van der Waals surface area contributed by atoms with Gasteiger partial charge >= 0.3 is 0 Å². The Kier molecular flexibility index (Phi) is 8.16. The summed E-state index contributed by atoms with van der Waals surface area (Å²) < 4.78 is 6.75. The summed E-state index contributed by atoms with van der Waals surface area (Å²) in [6.07, 6.45) is 0.162. The van der Waals surface area contributed by atoms with Crippen molar-refractivity contribution in [3.8, 4) is 17.0 Å². The number of amides is 1. The van der Waals surface area contributed by atoms with E-state index in [2.05, 4.69) is 10.4 Å². The van der Waals surface area contributed by atoms with Crippen LogP contribution in [0.1, 0.15) is 30.1 Å². The van der Waals surface area contributed by atoms with E-state index in [1.807, 2.05) is 31.2 Å². The summed E-state index contributed by atoms with van der Waals surface area (Å²) in [5.74, 6) is 0.377. The predicted molar refractivity (Wildman–Crippen MR) is 123 cm³/mol. The minimum Gasteiger partial charge on any atom is -0.494 e. The maximum atomic E-state index is 12.1.